The molecule has 15 heteroatoms. The normalized spacial score (nSPS) is 11.5. The molecular weight excluding hydrogens is 736 g/mol. The van der Waals surface area contributed by atoms with Gasteiger partial charge in [0, 0.05) is 17.0 Å². The Morgan fingerprint density at radius 2 is 1.27 bits per heavy atom. The van der Waals surface area contributed by atoms with E-state index in [9.17, 15) is 19.2 Å². The summed E-state index contributed by atoms with van der Waals surface area (Å²) >= 11 is 5.55. The van der Waals surface area contributed by atoms with Gasteiger partial charge in [0.15, 0.2) is 11.6 Å². The predicted octanol–water partition coefficient (Wildman–Crippen LogP) is 6.31. The van der Waals surface area contributed by atoms with Crippen LogP contribution in [0.2, 0.25) is 0 Å². The molecular formula is C41H39ClN8O6. The van der Waals surface area contributed by atoms with E-state index in [1.54, 1.807) is 78.5 Å². The van der Waals surface area contributed by atoms with E-state index in [-0.39, 0.29) is 25.1 Å². The van der Waals surface area contributed by atoms with Crippen LogP contribution in [-0.2, 0) is 12.4 Å². The van der Waals surface area contributed by atoms with Gasteiger partial charge in [0.2, 0.25) is 11.8 Å². The Morgan fingerprint density at radius 1 is 0.732 bits per heavy atom. The Bertz CT molecular complexity index is 2550. The molecule has 1 aliphatic heterocycles. The molecule has 0 bridgehead atoms. The van der Waals surface area contributed by atoms with Crippen molar-refractivity contribution in [2.75, 3.05) is 24.9 Å². The van der Waals surface area contributed by atoms with Crippen LogP contribution in [0.3, 0.4) is 0 Å². The topological polar surface area (TPSA) is 215 Å². The smallest absolute Gasteiger partial charge is 0.267 e. The summed E-state index contributed by atoms with van der Waals surface area (Å²) in [5, 5.41) is 12.7. The van der Waals surface area contributed by atoms with Gasteiger partial charge in [-0.05, 0) is 71.8 Å². The number of hydrogen-bond donors (Lipinski definition) is 4. The van der Waals surface area contributed by atoms with E-state index in [2.05, 4.69) is 15.3 Å². The number of nitrogens with two attached hydrogens (primary N) is 3. The van der Waals surface area contributed by atoms with Crippen LogP contribution in [0.15, 0.2) is 109 Å². The number of hydrogen-bond acceptors (Lipinski definition) is 9. The van der Waals surface area contributed by atoms with Crippen molar-refractivity contribution in [2.24, 2.45) is 11.5 Å². The number of nitrogens with zero attached hydrogens (tertiary/aromatic N) is 4. The summed E-state index contributed by atoms with van der Waals surface area (Å²) in [6.45, 7) is 0.488. The van der Waals surface area contributed by atoms with Crippen molar-refractivity contribution in [3.63, 3.8) is 0 Å². The zero-order chi connectivity index (χ0) is 39.2. The molecule has 7 N–H and O–H groups in total. The van der Waals surface area contributed by atoms with Gasteiger partial charge in [-0.3, -0.25) is 29.0 Å². The molecule has 8 rings (SSSR count). The summed E-state index contributed by atoms with van der Waals surface area (Å²) in [6, 6.07) is 31.9. The molecule has 56 heavy (non-hydrogen) atoms. The minimum absolute atomic E-state index is 0. The van der Waals surface area contributed by atoms with Gasteiger partial charge in [-0.1, -0.05) is 56.0 Å². The Kier molecular flexibility index (Phi) is 12.4. The largest absolute Gasteiger partial charge is 0.496 e. The number of nitrogen functional groups attached to an aromatic ring is 1. The quantitative estimate of drug-likeness (QED) is 0.100. The number of H-pyrrole nitrogens is 1. The van der Waals surface area contributed by atoms with Crippen LogP contribution in [0, 0.1) is 0 Å². The first-order chi connectivity index (χ1) is 26.6. The van der Waals surface area contributed by atoms with Crippen molar-refractivity contribution in [1.29, 1.82) is 0 Å². The number of anilines is 2. The van der Waals surface area contributed by atoms with Gasteiger partial charge in [0.25, 0.3) is 11.8 Å². The molecule has 4 amide bonds. The SMILES string of the molecule is C.COc1cccc2[nH]nc(N3C(=O)c4ccccc4C3=O)c12.COc1cccc2c1c(N)nn2Cc1cccc(C(N)=O)c1.NC(=O)c1cccc(CCl)c1. The number of primary amides is 2. The number of methoxy groups -OCH3 is 2. The highest BCUT2D eigenvalue weighted by Crippen LogP contribution is 2.36. The first-order valence-electron chi connectivity index (χ1n) is 16.7. The zero-order valence-corrected chi connectivity index (χ0v) is 30.4. The molecule has 2 aromatic heterocycles. The lowest BCUT2D eigenvalue weighted by molar-refractivity contribution is 0.0922. The highest BCUT2D eigenvalue weighted by atomic mass is 35.5. The number of amides is 4. The summed E-state index contributed by atoms with van der Waals surface area (Å²) in [7, 11) is 3.13. The first kappa shape index (κ1) is 40.0. The fraction of sp³-hybridized carbons (Fsp3) is 0.122. The molecule has 0 saturated heterocycles. The second-order valence-electron chi connectivity index (χ2n) is 12.1. The van der Waals surface area contributed by atoms with E-state index >= 15 is 0 Å². The van der Waals surface area contributed by atoms with Crippen LogP contribution in [0.5, 0.6) is 11.5 Å². The van der Waals surface area contributed by atoms with E-state index in [4.69, 9.17) is 38.3 Å². The maximum atomic E-state index is 12.6. The number of ether oxygens (including phenoxy) is 2. The van der Waals surface area contributed by atoms with E-state index in [0.717, 1.165) is 26.9 Å². The van der Waals surface area contributed by atoms with Crippen molar-refractivity contribution in [2.45, 2.75) is 19.9 Å². The monoisotopic (exact) mass is 774 g/mol. The molecule has 286 valence electrons. The molecule has 0 aliphatic carbocycles. The standard InChI is InChI=1S/C16H16N4O2.C16H11N3O3.C8H8ClNO.CH4/c1-22-13-7-3-6-12-14(13)15(17)19-20(12)9-10-4-2-5-11(8-10)16(18)21;1-22-12-8-4-7-11-13(12)14(18-17-11)19-15(20)9-5-2-3-6-10(9)16(19)21;9-5-6-2-1-3-7(4-6)8(10)11;/h2-8H,9H2,1H3,(H2,17,19)(H2,18,21);2-8H,1H3,(H,17,18);1-4H,5H2,(H2,10,11);1H4. The number of imide groups is 1. The average Bonchev–Trinajstić information content (AvgIpc) is 3.86. The first-order valence-corrected chi connectivity index (χ1v) is 17.2. The van der Waals surface area contributed by atoms with Crippen molar-refractivity contribution in [1.82, 2.24) is 20.0 Å². The number of carbonyl (C=O) groups is 4. The molecule has 0 radical (unpaired) electrons. The lowest BCUT2D eigenvalue weighted by Gasteiger charge is -2.12. The predicted molar refractivity (Wildman–Crippen MR) is 216 cm³/mol. The maximum Gasteiger partial charge on any atom is 0.267 e. The molecule has 0 fully saturated rings. The van der Waals surface area contributed by atoms with Crippen LogP contribution in [0.25, 0.3) is 21.8 Å². The van der Waals surface area contributed by atoms with E-state index in [0.29, 0.717) is 62.9 Å². The van der Waals surface area contributed by atoms with Crippen LogP contribution in [-0.4, -0.2) is 57.8 Å². The summed E-state index contributed by atoms with van der Waals surface area (Å²) in [6.07, 6.45) is 0. The van der Waals surface area contributed by atoms with Gasteiger partial charge >= 0.3 is 0 Å². The van der Waals surface area contributed by atoms with Gasteiger partial charge in [-0.2, -0.15) is 10.2 Å². The Balaban J connectivity index is 0.000000169. The third kappa shape index (κ3) is 8.00. The number of carbonyl (C=O) groups excluding carboxylic acids is 4. The number of fused-ring (bicyclic) bond motifs is 3. The molecule has 3 heterocycles. The second-order valence-corrected chi connectivity index (χ2v) is 12.3. The summed E-state index contributed by atoms with van der Waals surface area (Å²) in [5.41, 5.74) is 21.5. The van der Waals surface area contributed by atoms with Crippen LogP contribution >= 0.6 is 11.6 Å². The molecule has 0 unspecified atom stereocenters. The van der Waals surface area contributed by atoms with Gasteiger partial charge in [-0.25, -0.2) is 4.90 Å². The van der Waals surface area contributed by atoms with E-state index in [1.807, 2.05) is 42.5 Å². The van der Waals surface area contributed by atoms with Crippen LogP contribution in [0.4, 0.5) is 11.6 Å². The van der Waals surface area contributed by atoms with Gasteiger partial charge in [-0.15, -0.1) is 11.6 Å². The molecule has 7 aromatic rings. The highest BCUT2D eigenvalue weighted by molar-refractivity contribution is 6.35. The Morgan fingerprint density at radius 3 is 1.84 bits per heavy atom. The molecule has 0 saturated carbocycles. The summed E-state index contributed by atoms with van der Waals surface area (Å²) < 4.78 is 12.4. The molecule has 14 nitrogen and oxygen atoms in total. The van der Waals surface area contributed by atoms with Gasteiger partial charge in [0.05, 0.1) is 53.7 Å². The van der Waals surface area contributed by atoms with E-state index in [1.165, 1.54) is 7.11 Å². The average molecular weight is 775 g/mol. The van der Waals surface area contributed by atoms with Gasteiger partial charge in [0.1, 0.15) is 11.5 Å². The Labute approximate surface area is 326 Å². The maximum absolute atomic E-state index is 12.6. The lowest BCUT2D eigenvalue weighted by atomic mass is 10.1. The van der Waals surface area contributed by atoms with Gasteiger partial charge < -0.3 is 26.7 Å². The van der Waals surface area contributed by atoms with Crippen molar-refractivity contribution in [3.8, 4) is 11.5 Å². The van der Waals surface area contributed by atoms with E-state index < -0.39 is 11.8 Å². The third-order valence-corrected chi connectivity index (χ3v) is 8.96. The highest BCUT2D eigenvalue weighted by Gasteiger charge is 2.39. The molecule has 0 atom stereocenters. The Hall–Kier alpha value is -7.19. The number of rotatable bonds is 8. The molecule has 5 aromatic carbocycles. The fourth-order valence-electron chi connectivity index (χ4n) is 6.06. The fourth-order valence-corrected chi connectivity index (χ4v) is 6.22. The number of alkyl halides is 1. The van der Waals surface area contributed by atoms with Crippen LogP contribution < -0.4 is 31.6 Å². The third-order valence-electron chi connectivity index (χ3n) is 8.65. The number of nitrogens with one attached hydrogen (secondary N) is 1. The lowest BCUT2D eigenvalue weighted by Crippen LogP contribution is -2.29. The summed E-state index contributed by atoms with van der Waals surface area (Å²) in [4.78, 5) is 48.1. The van der Waals surface area contributed by atoms with Crippen molar-refractivity contribution < 1.29 is 28.7 Å². The number of aromatic nitrogens is 4. The second kappa shape index (κ2) is 17.3. The zero-order valence-electron chi connectivity index (χ0n) is 29.7. The minimum atomic E-state index is -0.451. The molecule has 1 aliphatic rings. The minimum Gasteiger partial charge on any atom is -0.496 e. The number of aromatic amines is 1. The van der Waals surface area contributed by atoms with Crippen LogP contribution in [0.1, 0.15) is 60.0 Å². The van der Waals surface area contributed by atoms with Crippen molar-refractivity contribution >= 4 is 68.7 Å². The van der Waals surface area contributed by atoms with Crippen molar-refractivity contribution in [3.05, 3.63) is 143 Å². The molecule has 0 spiro atoms. The number of benzene rings is 5. The number of halogens is 1. The summed E-state index contributed by atoms with van der Waals surface area (Å²) in [5.74, 6) is 0.702.